The van der Waals surface area contributed by atoms with Crippen molar-refractivity contribution in [2.45, 2.75) is 17.7 Å². The van der Waals surface area contributed by atoms with Gasteiger partial charge in [0.2, 0.25) is 10.0 Å². The van der Waals surface area contributed by atoms with E-state index in [0.717, 1.165) is 22.7 Å². The largest absolute Gasteiger partial charge is 0.322 e. The number of nitrogens with zero attached hydrogens (tertiary/aromatic N) is 1. The lowest BCUT2D eigenvalue weighted by molar-refractivity contribution is 0.102. The molecule has 0 bridgehead atoms. The molecule has 0 aliphatic carbocycles. The number of anilines is 1. The first-order valence-corrected chi connectivity index (χ1v) is 10.8. The van der Waals surface area contributed by atoms with Gasteiger partial charge in [0.15, 0.2) is 0 Å². The zero-order chi connectivity index (χ0) is 20.9. The van der Waals surface area contributed by atoms with Gasteiger partial charge in [-0.2, -0.15) is 0 Å². The molecule has 0 spiro atoms. The van der Waals surface area contributed by atoms with Gasteiger partial charge in [-0.15, -0.1) is 0 Å². The molecule has 0 unspecified atom stereocenters. The van der Waals surface area contributed by atoms with Crippen molar-refractivity contribution in [1.82, 2.24) is 4.31 Å². The molecule has 0 saturated heterocycles. The summed E-state index contributed by atoms with van der Waals surface area (Å²) in [7, 11) is -0.527. The zero-order valence-electron chi connectivity index (χ0n) is 16.5. The van der Waals surface area contributed by atoms with Crippen LogP contribution in [0.5, 0.6) is 0 Å². The highest BCUT2D eigenvalue weighted by atomic mass is 32.2. The lowest BCUT2D eigenvalue weighted by Gasteiger charge is -2.13. The minimum atomic E-state index is -3.49. The second kappa shape index (κ2) is 9.03. The van der Waals surface area contributed by atoms with Gasteiger partial charge in [-0.1, -0.05) is 48.5 Å². The lowest BCUT2D eigenvalue weighted by Crippen LogP contribution is -2.22. The topological polar surface area (TPSA) is 66.5 Å². The SMILES string of the molecule is CN(C)S(=O)(=O)c1ccc(NC(=O)c2ccccc2CCc2ccccc2)cc1. The van der Waals surface area contributed by atoms with Crippen LogP contribution in [0.4, 0.5) is 5.69 Å². The number of sulfonamides is 1. The maximum Gasteiger partial charge on any atom is 0.255 e. The smallest absolute Gasteiger partial charge is 0.255 e. The highest BCUT2D eigenvalue weighted by Crippen LogP contribution is 2.19. The summed E-state index contributed by atoms with van der Waals surface area (Å²) in [4.78, 5) is 13.0. The zero-order valence-corrected chi connectivity index (χ0v) is 17.3. The average Bonchev–Trinajstić information content (AvgIpc) is 2.73. The Morgan fingerprint density at radius 1 is 0.828 bits per heavy atom. The van der Waals surface area contributed by atoms with Crippen molar-refractivity contribution in [1.29, 1.82) is 0 Å². The molecule has 150 valence electrons. The molecule has 1 N–H and O–H groups in total. The van der Waals surface area contributed by atoms with Crippen molar-refractivity contribution in [2.75, 3.05) is 19.4 Å². The van der Waals surface area contributed by atoms with Crippen LogP contribution in [0, 0.1) is 0 Å². The summed E-state index contributed by atoms with van der Waals surface area (Å²) in [5.74, 6) is -0.211. The molecule has 6 heteroatoms. The summed E-state index contributed by atoms with van der Waals surface area (Å²) in [6.07, 6.45) is 1.61. The molecule has 0 fully saturated rings. The van der Waals surface area contributed by atoms with Gasteiger partial charge in [-0.05, 0) is 54.3 Å². The number of carbonyl (C=O) groups is 1. The first-order valence-electron chi connectivity index (χ1n) is 9.34. The van der Waals surface area contributed by atoms with Crippen LogP contribution in [0.15, 0.2) is 83.8 Å². The molecule has 3 aromatic carbocycles. The minimum Gasteiger partial charge on any atom is -0.322 e. The molecule has 3 rings (SSSR count). The molecule has 0 heterocycles. The maximum atomic E-state index is 12.8. The number of rotatable bonds is 7. The fourth-order valence-electron chi connectivity index (χ4n) is 3.00. The van der Waals surface area contributed by atoms with Gasteiger partial charge in [-0.25, -0.2) is 12.7 Å². The van der Waals surface area contributed by atoms with Crippen LogP contribution in [-0.4, -0.2) is 32.7 Å². The molecule has 0 radical (unpaired) electrons. The molecular formula is C23H24N2O3S. The first kappa shape index (κ1) is 20.8. The second-order valence-electron chi connectivity index (χ2n) is 6.91. The van der Waals surface area contributed by atoms with Crippen molar-refractivity contribution in [2.24, 2.45) is 0 Å². The van der Waals surface area contributed by atoms with Crippen molar-refractivity contribution in [3.05, 3.63) is 95.6 Å². The Bertz CT molecular complexity index is 1080. The van der Waals surface area contributed by atoms with Crippen LogP contribution >= 0.6 is 0 Å². The number of nitrogens with one attached hydrogen (secondary N) is 1. The van der Waals surface area contributed by atoms with E-state index < -0.39 is 10.0 Å². The Morgan fingerprint density at radius 3 is 2.10 bits per heavy atom. The van der Waals surface area contributed by atoms with Gasteiger partial charge >= 0.3 is 0 Å². The van der Waals surface area contributed by atoms with E-state index in [-0.39, 0.29) is 10.8 Å². The average molecular weight is 409 g/mol. The standard InChI is InChI=1S/C23H24N2O3S/c1-25(2)29(27,28)21-16-14-20(15-17-21)24-23(26)22-11-7-6-10-19(22)13-12-18-8-4-3-5-9-18/h3-11,14-17H,12-13H2,1-2H3,(H,24,26). The third kappa shape index (κ3) is 5.10. The van der Waals surface area contributed by atoms with Crippen LogP contribution in [0.2, 0.25) is 0 Å². The third-order valence-electron chi connectivity index (χ3n) is 4.68. The van der Waals surface area contributed by atoms with Gasteiger partial charge in [0.1, 0.15) is 0 Å². The maximum absolute atomic E-state index is 12.8. The molecule has 0 aliphatic rings. The molecule has 0 saturated carbocycles. The Hall–Kier alpha value is -2.96. The number of hydrogen-bond donors (Lipinski definition) is 1. The summed E-state index contributed by atoms with van der Waals surface area (Å²) >= 11 is 0. The minimum absolute atomic E-state index is 0.184. The molecular weight excluding hydrogens is 384 g/mol. The fourth-order valence-corrected chi connectivity index (χ4v) is 3.90. The monoisotopic (exact) mass is 408 g/mol. The highest BCUT2D eigenvalue weighted by molar-refractivity contribution is 7.89. The quantitative estimate of drug-likeness (QED) is 0.643. The van der Waals surface area contributed by atoms with E-state index in [4.69, 9.17) is 0 Å². The predicted molar refractivity (Wildman–Crippen MR) is 116 cm³/mol. The summed E-state index contributed by atoms with van der Waals surface area (Å²) in [5.41, 5.74) is 3.36. The molecule has 3 aromatic rings. The number of benzene rings is 3. The van der Waals surface area contributed by atoms with Crippen LogP contribution in [0.3, 0.4) is 0 Å². The Morgan fingerprint density at radius 2 is 1.45 bits per heavy atom. The van der Waals surface area contributed by atoms with Crippen LogP contribution in [0.1, 0.15) is 21.5 Å². The van der Waals surface area contributed by atoms with Gasteiger partial charge < -0.3 is 5.32 Å². The van der Waals surface area contributed by atoms with Gasteiger partial charge in [0.05, 0.1) is 4.90 Å². The van der Waals surface area contributed by atoms with Crippen LogP contribution in [-0.2, 0) is 22.9 Å². The molecule has 0 atom stereocenters. The second-order valence-corrected chi connectivity index (χ2v) is 9.06. The van der Waals surface area contributed by atoms with Crippen molar-refractivity contribution < 1.29 is 13.2 Å². The number of carbonyl (C=O) groups excluding carboxylic acids is 1. The Balaban J connectivity index is 1.73. The van der Waals surface area contributed by atoms with E-state index in [1.807, 2.05) is 36.4 Å². The van der Waals surface area contributed by atoms with E-state index in [1.165, 1.54) is 31.8 Å². The normalized spacial score (nSPS) is 11.4. The van der Waals surface area contributed by atoms with E-state index in [2.05, 4.69) is 17.4 Å². The summed E-state index contributed by atoms with van der Waals surface area (Å²) in [5, 5.41) is 2.86. The van der Waals surface area contributed by atoms with E-state index >= 15 is 0 Å². The Kier molecular flexibility index (Phi) is 6.46. The number of amides is 1. The highest BCUT2D eigenvalue weighted by Gasteiger charge is 2.17. The van der Waals surface area contributed by atoms with E-state index in [0.29, 0.717) is 11.3 Å². The number of aryl methyl sites for hydroxylation is 2. The van der Waals surface area contributed by atoms with Crippen molar-refractivity contribution in [3.63, 3.8) is 0 Å². The summed E-state index contributed by atoms with van der Waals surface area (Å²) in [6.45, 7) is 0. The summed E-state index contributed by atoms with van der Waals surface area (Å²) < 4.78 is 25.5. The van der Waals surface area contributed by atoms with Gasteiger partial charge in [0, 0.05) is 25.3 Å². The molecule has 0 aromatic heterocycles. The Labute approximate surface area is 172 Å². The third-order valence-corrected chi connectivity index (χ3v) is 6.51. The molecule has 29 heavy (non-hydrogen) atoms. The van der Waals surface area contributed by atoms with E-state index in [9.17, 15) is 13.2 Å². The van der Waals surface area contributed by atoms with Crippen LogP contribution < -0.4 is 5.32 Å². The van der Waals surface area contributed by atoms with Crippen molar-refractivity contribution in [3.8, 4) is 0 Å². The fraction of sp³-hybridized carbons (Fsp3) is 0.174. The van der Waals surface area contributed by atoms with Crippen molar-refractivity contribution >= 4 is 21.6 Å². The molecule has 1 amide bonds. The summed E-state index contributed by atoms with van der Waals surface area (Å²) in [6, 6.07) is 23.9. The van der Waals surface area contributed by atoms with E-state index in [1.54, 1.807) is 18.2 Å². The number of hydrogen-bond acceptors (Lipinski definition) is 3. The lowest BCUT2D eigenvalue weighted by atomic mass is 9.99. The molecule has 0 aliphatic heterocycles. The predicted octanol–water partition coefficient (Wildman–Crippen LogP) is 3.97. The first-order chi connectivity index (χ1) is 13.9. The van der Waals surface area contributed by atoms with Gasteiger partial charge in [0.25, 0.3) is 5.91 Å². The van der Waals surface area contributed by atoms with Crippen LogP contribution in [0.25, 0.3) is 0 Å². The van der Waals surface area contributed by atoms with Gasteiger partial charge in [-0.3, -0.25) is 4.79 Å². The molecule has 5 nitrogen and oxygen atoms in total.